The first-order valence-electron chi connectivity index (χ1n) is 5.92. The molecule has 2 N–H and O–H groups in total. The summed E-state index contributed by atoms with van der Waals surface area (Å²) in [4.78, 5) is 2.36. The van der Waals surface area contributed by atoms with Crippen molar-refractivity contribution in [3.05, 3.63) is 59.2 Å². The van der Waals surface area contributed by atoms with Crippen molar-refractivity contribution in [2.75, 3.05) is 10.6 Å². The highest BCUT2D eigenvalue weighted by molar-refractivity contribution is 5.59. The number of aryl methyl sites for hydroxylation is 1. The van der Waals surface area contributed by atoms with E-state index in [1.807, 2.05) is 12.1 Å². The molecule has 1 aliphatic heterocycles. The zero-order chi connectivity index (χ0) is 11.8. The molecule has 0 bridgehead atoms. The zero-order valence-electron chi connectivity index (χ0n) is 9.98. The molecule has 2 heteroatoms. The van der Waals surface area contributed by atoms with Crippen molar-refractivity contribution >= 4 is 11.4 Å². The molecule has 0 saturated carbocycles. The standard InChI is InChI=1S/C15H16N2/c1-11-5-7-13(8-6-11)17-9-12-3-2-4-15(16)14(12)10-17/h2-8H,9-10,16H2,1H3. The van der Waals surface area contributed by atoms with Gasteiger partial charge in [0, 0.05) is 24.5 Å². The molecule has 0 radical (unpaired) electrons. The van der Waals surface area contributed by atoms with Gasteiger partial charge in [-0.05, 0) is 36.2 Å². The summed E-state index contributed by atoms with van der Waals surface area (Å²) < 4.78 is 0. The number of hydrogen-bond acceptors (Lipinski definition) is 2. The number of hydrogen-bond donors (Lipinski definition) is 1. The maximum absolute atomic E-state index is 6.01. The highest BCUT2D eigenvalue weighted by Crippen LogP contribution is 2.31. The van der Waals surface area contributed by atoms with E-state index in [9.17, 15) is 0 Å². The zero-order valence-corrected chi connectivity index (χ0v) is 9.98. The fraction of sp³-hybridized carbons (Fsp3) is 0.200. The Morgan fingerprint density at radius 1 is 1.00 bits per heavy atom. The topological polar surface area (TPSA) is 29.3 Å². The first-order chi connectivity index (χ1) is 8.24. The van der Waals surface area contributed by atoms with Gasteiger partial charge in [0.25, 0.3) is 0 Å². The lowest BCUT2D eigenvalue weighted by Gasteiger charge is -2.17. The molecule has 0 fully saturated rings. The van der Waals surface area contributed by atoms with Gasteiger partial charge in [-0.1, -0.05) is 29.8 Å². The van der Waals surface area contributed by atoms with Crippen molar-refractivity contribution in [1.82, 2.24) is 0 Å². The molecule has 17 heavy (non-hydrogen) atoms. The number of anilines is 2. The van der Waals surface area contributed by atoms with E-state index in [-0.39, 0.29) is 0 Å². The SMILES string of the molecule is Cc1ccc(N2Cc3cccc(N)c3C2)cc1. The molecule has 1 heterocycles. The van der Waals surface area contributed by atoms with Gasteiger partial charge in [0.05, 0.1) is 0 Å². The first kappa shape index (κ1) is 10.2. The first-order valence-corrected chi connectivity index (χ1v) is 5.92. The smallest absolute Gasteiger partial charge is 0.0457 e. The lowest BCUT2D eigenvalue weighted by Crippen LogP contribution is -2.14. The minimum Gasteiger partial charge on any atom is -0.398 e. The van der Waals surface area contributed by atoms with Crippen LogP contribution in [0.3, 0.4) is 0 Å². The summed E-state index contributed by atoms with van der Waals surface area (Å²) in [7, 11) is 0. The van der Waals surface area contributed by atoms with Crippen LogP contribution in [0.15, 0.2) is 42.5 Å². The maximum atomic E-state index is 6.01. The Hall–Kier alpha value is -1.96. The van der Waals surface area contributed by atoms with Gasteiger partial charge < -0.3 is 10.6 Å². The molecule has 0 amide bonds. The Kier molecular flexibility index (Phi) is 2.29. The third-order valence-corrected chi connectivity index (χ3v) is 3.42. The molecule has 0 saturated heterocycles. The summed E-state index contributed by atoms with van der Waals surface area (Å²) in [5, 5.41) is 0. The Bertz CT molecular complexity index is 543. The second kappa shape index (κ2) is 3.81. The number of nitrogen functional groups attached to an aromatic ring is 1. The summed E-state index contributed by atoms with van der Waals surface area (Å²) in [5.74, 6) is 0. The third kappa shape index (κ3) is 1.76. The van der Waals surface area contributed by atoms with E-state index >= 15 is 0 Å². The van der Waals surface area contributed by atoms with Crippen molar-refractivity contribution in [1.29, 1.82) is 0 Å². The lowest BCUT2D eigenvalue weighted by molar-refractivity contribution is 0.881. The molecule has 2 aromatic carbocycles. The Balaban J connectivity index is 1.91. The van der Waals surface area contributed by atoms with Gasteiger partial charge in [-0.2, -0.15) is 0 Å². The van der Waals surface area contributed by atoms with Gasteiger partial charge in [0.2, 0.25) is 0 Å². The van der Waals surface area contributed by atoms with E-state index in [0.29, 0.717) is 0 Å². The van der Waals surface area contributed by atoms with E-state index in [0.717, 1.165) is 18.8 Å². The molecule has 1 aliphatic rings. The highest BCUT2D eigenvalue weighted by Gasteiger charge is 2.20. The number of nitrogens with zero attached hydrogens (tertiary/aromatic N) is 1. The van der Waals surface area contributed by atoms with Crippen LogP contribution in [-0.2, 0) is 13.1 Å². The molecule has 0 aliphatic carbocycles. The van der Waals surface area contributed by atoms with E-state index in [1.165, 1.54) is 22.4 Å². The molecule has 3 rings (SSSR count). The van der Waals surface area contributed by atoms with Gasteiger partial charge in [0.1, 0.15) is 0 Å². The molecule has 0 atom stereocenters. The van der Waals surface area contributed by atoms with Crippen LogP contribution in [0.25, 0.3) is 0 Å². The lowest BCUT2D eigenvalue weighted by atomic mass is 10.1. The van der Waals surface area contributed by atoms with Crippen molar-refractivity contribution < 1.29 is 0 Å². The van der Waals surface area contributed by atoms with Gasteiger partial charge in [0.15, 0.2) is 0 Å². The Labute approximate surface area is 102 Å². The fourth-order valence-electron chi connectivity index (χ4n) is 2.39. The number of benzene rings is 2. The molecule has 2 nitrogen and oxygen atoms in total. The normalized spacial score (nSPS) is 13.8. The minimum atomic E-state index is 0.914. The van der Waals surface area contributed by atoms with Crippen LogP contribution in [0, 0.1) is 6.92 Å². The van der Waals surface area contributed by atoms with E-state index < -0.39 is 0 Å². The summed E-state index contributed by atoms with van der Waals surface area (Å²) >= 11 is 0. The second-order valence-corrected chi connectivity index (χ2v) is 4.68. The molecule has 0 unspecified atom stereocenters. The van der Waals surface area contributed by atoms with Crippen LogP contribution in [0.2, 0.25) is 0 Å². The van der Waals surface area contributed by atoms with E-state index in [4.69, 9.17) is 5.73 Å². The van der Waals surface area contributed by atoms with Crippen LogP contribution >= 0.6 is 0 Å². The van der Waals surface area contributed by atoms with Gasteiger partial charge in [-0.25, -0.2) is 0 Å². The molecular formula is C15H16N2. The van der Waals surface area contributed by atoms with Crippen LogP contribution in [-0.4, -0.2) is 0 Å². The molecule has 86 valence electrons. The van der Waals surface area contributed by atoms with Crippen molar-refractivity contribution in [3.63, 3.8) is 0 Å². The summed E-state index contributed by atoms with van der Waals surface area (Å²) in [5.41, 5.74) is 12.1. The average molecular weight is 224 g/mol. The molecule has 0 spiro atoms. The van der Waals surface area contributed by atoms with Crippen molar-refractivity contribution in [2.24, 2.45) is 0 Å². The third-order valence-electron chi connectivity index (χ3n) is 3.42. The predicted octanol–water partition coefficient (Wildman–Crippen LogP) is 3.10. The number of rotatable bonds is 1. The van der Waals surface area contributed by atoms with Crippen LogP contribution in [0.5, 0.6) is 0 Å². The Morgan fingerprint density at radius 2 is 1.76 bits per heavy atom. The van der Waals surface area contributed by atoms with Gasteiger partial charge >= 0.3 is 0 Å². The summed E-state index contributed by atoms with van der Waals surface area (Å²) in [6.45, 7) is 4.00. The monoisotopic (exact) mass is 224 g/mol. The predicted molar refractivity (Wildman–Crippen MR) is 71.9 cm³/mol. The number of nitrogens with two attached hydrogens (primary N) is 1. The minimum absolute atomic E-state index is 0.914. The van der Waals surface area contributed by atoms with Gasteiger partial charge in [-0.3, -0.25) is 0 Å². The quantitative estimate of drug-likeness (QED) is 0.754. The highest BCUT2D eigenvalue weighted by atomic mass is 15.1. The van der Waals surface area contributed by atoms with Crippen LogP contribution in [0.1, 0.15) is 16.7 Å². The largest absolute Gasteiger partial charge is 0.398 e. The van der Waals surface area contributed by atoms with Crippen LogP contribution < -0.4 is 10.6 Å². The van der Waals surface area contributed by atoms with E-state index in [1.54, 1.807) is 0 Å². The Morgan fingerprint density at radius 3 is 2.47 bits per heavy atom. The van der Waals surface area contributed by atoms with Crippen molar-refractivity contribution in [2.45, 2.75) is 20.0 Å². The average Bonchev–Trinajstić information content (AvgIpc) is 2.75. The van der Waals surface area contributed by atoms with Crippen molar-refractivity contribution in [3.8, 4) is 0 Å². The fourth-order valence-corrected chi connectivity index (χ4v) is 2.39. The van der Waals surface area contributed by atoms with E-state index in [2.05, 4.69) is 42.2 Å². The van der Waals surface area contributed by atoms with Crippen LogP contribution in [0.4, 0.5) is 11.4 Å². The second-order valence-electron chi connectivity index (χ2n) is 4.68. The summed E-state index contributed by atoms with van der Waals surface area (Å²) in [6, 6.07) is 14.8. The molecule has 0 aromatic heterocycles. The molecule has 2 aromatic rings. The maximum Gasteiger partial charge on any atom is 0.0457 e. The van der Waals surface area contributed by atoms with Gasteiger partial charge in [-0.15, -0.1) is 0 Å². The number of fused-ring (bicyclic) bond motifs is 1. The molecular weight excluding hydrogens is 208 g/mol. The summed E-state index contributed by atoms with van der Waals surface area (Å²) in [6.07, 6.45) is 0.